The van der Waals surface area contributed by atoms with Gasteiger partial charge in [-0.05, 0) is 63.7 Å². The summed E-state index contributed by atoms with van der Waals surface area (Å²) in [5.74, 6) is 1.70. The Bertz CT molecular complexity index is 510. The molecule has 0 aromatic carbocycles. The molecule has 1 saturated heterocycles. The summed E-state index contributed by atoms with van der Waals surface area (Å²) < 4.78 is 0. The molecule has 3 rings (SSSR count). The first-order valence-corrected chi connectivity index (χ1v) is 7.62. The minimum atomic E-state index is 0.637. The third kappa shape index (κ3) is 3.10. The van der Waals surface area contributed by atoms with Crippen molar-refractivity contribution in [3.05, 3.63) is 23.4 Å². The van der Waals surface area contributed by atoms with Crippen molar-refractivity contribution < 1.29 is 0 Å². The normalized spacial score (nSPS) is 22.3. The van der Waals surface area contributed by atoms with Crippen LogP contribution in [0.4, 0.5) is 5.82 Å². The van der Waals surface area contributed by atoms with Gasteiger partial charge >= 0.3 is 0 Å². The molecule has 20 heavy (non-hydrogen) atoms. The van der Waals surface area contributed by atoms with E-state index in [9.17, 15) is 0 Å². The Balaban J connectivity index is 1.79. The van der Waals surface area contributed by atoms with Crippen molar-refractivity contribution in [1.29, 1.82) is 5.26 Å². The van der Waals surface area contributed by atoms with E-state index < -0.39 is 0 Å². The topological polar surface area (TPSA) is 52.0 Å². The van der Waals surface area contributed by atoms with Crippen LogP contribution in [0.15, 0.2) is 12.1 Å². The highest BCUT2D eigenvalue weighted by molar-refractivity contribution is 5.48. The predicted molar refractivity (Wildman–Crippen MR) is 79.7 cm³/mol. The van der Waals surface area contributed by atoms with Crippen molar-refractivity contribution in [2.24, 2.45) is 5.92 Å². The maximum absolute atomic E-state index is 9.14. The average Bonchev–Trinajstić information content (AvgIpc) is 3.29. The van der Waals surface area contributed by atoms with Crippen molar-refractivity contribution in [2.45, 2.75) is 38.6 Å². The number of rotatable bonds is 4. The molecule has 4 nitrogen and oxygen atoms in total. The molecule has 4 heteroatoms. The smallest absolute Gasteiger partial charge is 0.130 e. The lowest BCUT2D eigenvalue weighted by atomic mass is 9.99. The molecule has 2 aliphatic rings. The minimum absolute atomic E-state index is 0.637. The van der Waals surface area contributed by atoms with Gasteiger partial charge in [0.2, 0.25) is 0 Å². The van der Waals surface area contributed by atoms with Gasteiger partial charge in [0.25, 0.3) is 0 Å². The van der Waals surface area contributed by atoms with Crippen molar-refractivity contribution in [1.82, 2.24) is 10.3 Å². The second kappa shape index (κ2) is 5.80. The molecule has 106 valence electrons. The van der Waals surface area contributed by atoms with Crippen molar-refractivity contribution in [3.63, 3.8) is 0 Å². The predicted octanol–water partition coefficient (Wildman–Crippen LogP) is 2.23. The molecule has 1 saturated carbocycles. The van der Waals surface area contributed by atoms with Gasteiger partial charge < -0.3 is 10.2 Å². The molecule has 2 heterocycles. The maximum Gasteiger partial charge on any atom is 0.130 e. The second-order valence-corrected chi connectivity index (χ2v) is 6.06. The number of nitrogens with one attached hydrogen (secondary N) is 1. The molecule has 2 fully saturated rings. The fourth-order valence-electron chi connectivity index (χ4n) is 3.04. The number of pyridine rings is 1. The standard InChI is InChI=1S/C16H22N4/c1-12-7-14(9-17)8-16(19-12)20(15-4-5-15)11-13-3-2-6-18-10-13/h7-8,13,15,18H,2-6,10-11H2,1H3. The van der Waals surface area contributed by atoms with Gasteiger partial charge in [-0.25, -0.2) is 4.98 Å². The molecular formula is C16H22N4. The van der Waals surface area contributed by atoms with Crippen LogP contribution in [-0.2, 0) is 0 Å². The minimum Gasteiger partial charge on any atom is -0.353 e. The molecule has 0 radical (unpaired) electrons. The molecule has 1 aromatic rings. The number of hydrogen-bond donors (Lipinski definition) is 1. The third-order valence-corrected chi connectivity index (χ3v) is 4.20. The van der Waals surface area contributed by atoms with Crippen LogP contribution < -0.4 is 10.2 Å². The van der Waals surface area contributed by atoms with Crippen LogP contribution in [0.3, 0.4) is 0 Å². The SMILES string of the molecule is Cc1cc(C#N)cc(N(CC2CCCNC2)C2CC2)n1. The first-order valence-electron chi connectivity index (χ1n) is 7.62. The first-order chi connectivity index (χ1) is 9.76. The van der Waals surface area contributed by atoms with Crippen LogP contribution in [0.5, 0.6) is 0 Å². The number of hydrogen-bond acceptors (Lipinski definition) is 4. The Morgan fingerprint density at radius 1 is 1.40 bits per heavy atom. The lowest BCUT2D eigenvalue weighted by molar-refractivity contribution is 0.375. The van der Waals surface area contributed by atoms with E-state index in [2.05, 4.69) is 21.3 Å². The van der Waals surface area contributed by atoms with Crippen LogP contribution in [0.1, 0.15) is 36.9 Å². The van der Waals surface area contributed by atoms with Crippen LogP contribution >= 0.6 is 0 Å². The van der Waals surface area contributed by atoms with Crippen LogP contribution in [0, 0.1) is 24.2 Å². The molecule has 1 unspecified atom stereocenters. The Labute approximate surface area is 120 Å². The highest BCUT2D eigenvalue weighted by Crippen LogP contribution is 2.32. The van der Waals surface area contributed by atoms with Gasteiger partial charge in [0, 0.05) is 18.3 Å². The fourth-order valence-corrected chi connectivity index (χ4v) is 3.04. The van der Waals surface area contributed by atoms with E-state index in [-0.39, 0.29) is 0 Å². The van der Waals surface area contributed by atoms with E-state index in [1.54, 1.807) is 0 Å². The number of nitrogens with zero attached hydrogens (tertiary/aromatic N) is 3. The average molecular weight is 270 g/mol. The summed E-state index contributed by atoms with van der Waals surface area (Å²) >= 11 is 0. The lowest BCUT2D eigenvalue weighted by Crippen LogP contribution is -2.39. The van der Waals surface area contributed by atoms with E-state index in [4.69, 9.17) is 5.26 Å². The van der Waals surface area contributed by atoms with Gasteiger partial charge in [-0.3, -0.25) is 0 Å². The molecule has 0 spiro atoms. The quantitative estimate of drug-likeness (QED) is 0.911. The Morgan fingerprint density at radius 2 is 2.25 bits per heavy atom. The zero-order valence-electron chi connectivity index (χ0n) is 12.1. The molecular weight excluding hydrogens is 248 g/mol. The lowest BCUT2D eigenvalue weighted by Gasteiger charge is -2.31. The van der Waals surface area contributed by atoms with Gasteiger partial charge in [0.15, 0.2) is 0 Å². The van der Waals surface area contributed by atoms with Crippen LogP contribution in [0.25, 0.3) is 0 Å². The van der Waals surface area contributed by atoms with E-state index in [1.807, 2.05) is 19.1 Å². The summed E-state index contributed by atoms with van der Waals surface area (Å²) in [6, 6.07) is 6.69. The zero-order chi connectivity index (χ0) is 13.9. The van der Waals surface area contributed by atoms with Crippen LogP contribution in [0.2, 0.25) is 0 Å². The summed E-state index contributed by atoms with van der Waals surface area (Å²) in [6.07, 6.45) is 5.09. The molecule has 1 aromatic heterocycles. The number of anilines is 1. The van der Waals surface area contributed by atoms with Gasteiger partial charge in [0.05, 0.1) is 11.6 Å². The highest BCUT2D eigenvalue weighted by atomic mass is 15.2. The van der Waals surface area contributed by atoms with Gasteiger partial charge in [-0.2, -0.15) is 5.26 Å². The van der Waals surface area contributed by atoms with Crippen molar-refractivity contribution >= 4 is 5.82 Å². The summed E-state index contributed by atoms with van der Waals surface area (Å²) in [5.41, 5.74) is 1.66. The van der Waals surface area contributed by atoms with E-state index in [0.29, 0.717) is 12.0 Å². The molecule has 0 amide bonds. The van der Waals surface area contributed by atoms with Crippen molar-refractivity contribution in [3.8, 4) is 6.07 Å². The van der Waals surface area contributed by atoms with Crippen molar-refractivity contribution in [2.75, 3.05) is 24.5 Å². The Morgan fingerprint density at radius 3 is 2.90 bits per heavy atom. The Kier molecular flexibility index (Phi) is 3.88. The second-order valence-electron chi connectivity index (χ2n) is 6.06. The first kappa shape index (κ1) is 13.4. The third-order valence-electron chi connectivity index (χ3n) is 4.20. The largest absolute Gasteiger partial charge is 0.353 e. The molecule has 1 atom stereocenters. The van der Waals surface area contributed by atoms with Gasteiger partial charge in [-0.1, -0.05) is 0 Å². The molecule has 0 bridgehead atoms. The molecule has 1 aliphatic carbocycles. The van der Waals surface area contributed by atoms with Gasteiger partial charge in [0.1, 0.15) is 5.82 Å². The summed E-state index contributed by atoms with van der Waals surface area (Å²) in [5, 5.41) is 12.6. The maximum atomic E-state index is 9.14. The number of aromatic nitrogens is 1. The number of nitriles is 1. The number of aryl methyl sites for hydroxylation is 1. The number of piperidine rings is 1. The molecule has 1 aliphatic heterocycles. The Hall–Kier alpha value is -1.60. The zero-order valence-corrected chi connectivity index (χ0v) is 12.1. The molecule has 1 N–H and O–H groups in total. The monoisotopic (exact) mass is 270 g/mol. The van der Waals surface area contributed by atoms with E-state index in [0.717, 1.165) is 36.7 Å². The van der Waals surface area contributed by atoms with E-state index in [1.165, 1.54) is 25.7 Å². The fraction of sp³-hybridized carbons (Fsp3) is 0.625. The summed E-state index contributed by atoms with van der Waals surface area (Å²) in [6.45, 7) is 5.30. The highest BCUT2D eigenvalue weighted by Gasteiger charge is 2.32. The van der Waals surface area contributed by atoms with Gasteiger partial charge in [-0.15, -0.1) is 0 Å². The van der Waals surface area contributed by atoms with Crippen LogP contribution in [-0.4, -0.2) is 30.7 Å². The summed E-state index contributed by atoms with van der Waals surface area (Å²) in [7, 11) is 0. The van der Waals surface area contributed by atoms with E-state index >= 15 is 0 Å². The summed E-state index contributed by atoms with van der Waals surface area (Å²) in [4.78, 5) is 7.10.